The molecule has 7 aromatic heterocycles. The topological polar surface area (TPSA) is 374 Å². The summed E-state index contributed by atoms with van der Waals surface area (Å²) < 4.78 is 19.8. The third-order valence-corrected chi connectivity index (χ3v) is 27.0. The number of methoxy groups -OCH3 is 1. The zero-order valence-electron chi connectivity index (χ0n) is 79.2. The third-order valence-electron chi connectivity index (χ3n) is 24.4. The second-order valence-corrected chi connectivity index (χ2v) is 36.8. The smallest absolute Gasteiger partial charge is 0.374 e. The van der Waals surface area contributed by atoms with Crippen molar-refractivity contribution in [2.24, 2.45) is 4.99 Å². The molecule has 1 fully saturated rings. The predicted octanol–water partition coefficient (Wildman–Crippen LogP) is 22.3. The number of hydrogen-bond donors (Lipinski definition) is 11. The van der Waals surface area contributed by atoms with Gasteiger partial charge in [0.2, 0.25) is 11.5 Å². The van der Waals surface area contributed by atoms with Crippen LogP contribution in [0.5, 0.6) is 51.7 Å². The number of ether oxygens (including phenoxy) is 2. The maximum Gasteiger partial charge on any atom is 0.374 e. The number of carbonyl (C=O) groups is 3. The van der Waals surface area contributed by atoms with Gasteiger partial charge in [-0.25, -0.2) is 24.7 Å². The quantitative estimate of drug-likeness (QED) is 0.0125. The standard InChI is InChI=1S/C23H19NO.C22H24N2O.C18H16N4S.C18H16N2O3S.C17H14N2O3S.C15H14O7/c1-14-13-16(10-12-21(14)25)23-19-8-4-7-18(19)22-17-6-3-2-5-15(17)9-11-20(22)24-23;1-3-24(4-2)17-11-12-18(21(25)14-17)20-13-16-9-5-7-15-8-6-10-19(23-20)22(15)16;1-12-6-8-14(9-7-12)20-18-21-15(11-23-18)17-13(2)19-16-5-3-4-10-22(16)17;1-10-4-3-5-13(11(10)2)19-18-20-17(23)16(24-18)9-12-6-7-14(21)15(22)8-12;1-11-19(13-4-3-7-18-10-13)17(21)16(23-11)9-12-5-6-14(20)15(8-12)22-2;1-2-21-15(20)12-6-3-8(22-12)7-11(17)9-4-5-10(16)14(19)13(9)18/h2-3,5-6,9-13,25H,4,7-8H2,1H3;5-12,14,20,23,25H,3-4,13H2,1-2H3;3-11H,1-2H3,(H,20,21);3-9,21-22H,1-2H3,(H,19,20,23);3-10,20H,1H2,2H3;3-6,16,18-19H,2,7H2,1H3/b;;;16-9-;16-9+;. The van der Waals surface area contributed by atoms with E-state index in [-0.39, 0.29) is 64.9 Å². The summed E-state index contributed by atoms with van der Waals surface area (Å²) in [6, 6.07) is 75.9. The van der Waals surface area contributed by atoms with Crippen LogP contribution >= 0.6 is 34.4 Å². The largest absolute Gasteiger partial charge is 0.508 e. The van der Waals surface area contributed by atoms with E-state index in [1.165, 1.54) is 127 Å². The number of phenolic OH excluding ortho intramolecular Hbond substituents is 8. The molecular formula is C113H103N11O15S3. The van der Waals surface area contributed by atoms with Gasteiger partial charge in [-0.1, -0.05) is 121 Å². The number of amidine groups is 1. The number of thioether (sulfide) groups is 1. The summed E-state index contributed by atoms with van der Waals surface area (Å²) in [5, 5.41) is 97.0. The van der Waals surface area contributed by atoms with Crippen molar-refractivity contribution in [3.8, 4) is 80.1 Å². The summed E-state index contributed by atoms with van der Waals surface area (Å²) in [5.41, 5.74) is 22.5. The van der Waals surface area contributed by atoms with Crippen LogP contribution in [0, 0.1) is 34.6 Å². The number of carbonyl (C=O) groups excluding carboxylic acids is 3. The van der Waals surface area contributed by atoms with E-state index in [0.717, 1.165) is 134 Å². The molecule has 11 aromatic carbocycles. The molecule has 1 unspecified atom stereocenters. The van der Waals surface area contributed by atoms with Gasteiger partial charge in [-0.05, 0) is 293 Å². The van der Waals surface area contributed by atoms with Gasteiger partial charge in [0.1, 0.15) is 28.6 Å². The minimum absolute atomic E-state index is 0.0255. The van der Waals surface area contributed by atoms with Crippen molar-refractivity contribution in [2.45, 2.75) is 93.5 Å². The lowest BCUT2D eigenvalue weighted by molar-refractivity contribution is -0.115. The molecule has 0 saturated carbocycles. The number of nitrogens with zero attached hydrogens (tertiary/aromatic N) is 8. The van der Waals surface area contributed by atoms with E-state index in [1.807, 2.05) is 94.6 Å². The molecule has 21 rings (SSSR count). The number of rotatable bonds is 18. The molecular weight excluding hydrogens is 1850 g/mol. The molecule has 1 amide bonds. The van der Waals surface area contributed by atoms with Crippen molar-refractivity contribution in [1.29, 1.82) is 0 Å². The van der Waals surface area contributed by atoms with Crippen LogP contribution in [0.3, 0.4) is 0 Å². The number of aromatic nitrogens is 6. The Balaban J connectivity index is 0.000000123. The minimum atomic E-state index is -0.766. The molecule has 29 heteroatoms. The monoisotopic (exact) mass is 1950 g/mol. The molecule has 1 saturated heterocycles. The number of furan rings is 1. The first-order chi connectivity index (χ1) is 68.6. The number of aliphatic imine (C=N–C) groups is 1. The Morgan fingerprint density at radius 3 is 2.15 bits per heavy atom. The Kier molecular flexibility index (Phi) is 30.4. The highest BCUT2D eigenvalue weighted by Gasteiger charge is 2.29. The highest BCUT2D eigenvalue weighted by Crippen LogP contribution is 2.45. The zero-order valence-corrected chi connectivity index (χ0v) is 81.7. The van der Waals surface area contributed by atoms with Gasteiger partial charge >= 0.3 is 5.97 Å². The number of pyridine rings is 3. The molecule has 18 aromatic rings. The van der Waals surface area contributed by atoms with Gasteiger partial charge in [0.15, 0.2) is 50.6 Å². The van der Waals surface area contributed by atoms with Crippen LogP contribution in [0.25, 0.3) is 85.2 Å². The molecule has 1 atom stereocenters. The first-order valence-electron chi connectivity index (χ1n) is 45.9. The molecule has 142 heavy (non-hydrogen) atoms. The van der Waals surface area contributed by atoms with E-state index in [2.05, 4.69) is 182 Å². The number of phenols is 8. The summed E-state index contributed by atoms with van der Waals surface area (Å²) in [4.78, 5) is 73.9. The van der Waals surface area contributed by atoms with E-state index in [4.69, 9.17) is 23.9 Å². The minimum Gasteiger partial charge on any atom is -0.508 e. The number of anilines is 4. The number of thiazole rings is 2. The van der Waals surface area contributed by atoms with Gasteiger partial charge in [-0.15, -0.1) is 22.7 Å². The van der Waals surface area contributed by atoms with Crippen LogP contribution < -0.4 is 40.3 Å². The zero-order chi connectivity index (χ0) is 100. The average molecular weight is 1950 g/mol. The molecule has 0 spiro atoms. The van der Waals surface area contributed by atoms with Crippen LogP contribution in [0.2, 0.25) is 0 Å². The number of ketones is 1. The Hall–Kier alpha value is -16.8. The van der Waals surface area contributed by atoms with Gasteiger partial charge in [-0.2, -0.15) is 0 Å². The molecule has 11 N–H and O–H groups in total. The second kappa shape index (κ2) is 43.9. The molecule has 718 valence electrons. The van der Waals surface area contributed by atoms with Crippen LogP contribution in [0.1, 0.15) is 121 Å². The van der Waals surface area contributed by atoms with Gasteiger partial charge < -0.3 is 75.6 Å². The van der Waals surface area contributed by atoms with Crippen LogP contribution in [0.4, 0.5) is 27.9 Å². The van der Waals surface area contributed by atoms with Crippen molar-refractivity contribution in [3.63, 3.8) is 0 Å². The van der Waals surface area contributed by atoms with Gasteiger partial charge in [0.05, 0.1) is 86.0 Å². The fourth-order valence-corrected chi connectivity index (χ4v) is 19.5. The molecule has 2 aliphatic heterocycles. The predicted molar refractivity (Wildman–Crippen MR) is 566 cm³/mol. The number of aromatic hydroxyl groups is 8. The highest BCUT2D eigenvalue weighted by molar-refractivity contribution is 8.18. The Morgan fingerprint density at radius 2 is 1.40 bits per heavy atom. The number of benzene rings is 11. The molecule has 0 bridgehead atoms. The number of nitrogens with one attached hydrogen (secondary N) is 3. The number of esters is 1. The normalized spacial score (nSPS) is 13.4. The van der Waals surface area contributed by atoms with Crippen molar-refractivity contribution < 1.29 is 69.1 Å². The first kappa shape index (κ1) is 98.3. The Morgan fingerprint density at radius 1 is 0.662 bits per heavy atom. The van der Waals surface area contributed by atoms with Gasteiger partial charge in [0, 0.05) is 75.9 Å². The van der Waals surface area contributed by atoms with Crippen molar-refractivity contribution in [3.05, 3.63) is 369 Å². The fourth-order valence-electron chi connectivity index (χ4n) is 17.0. The molecule has 3 aliphatic rings. The third kappa shape index (κ3) is 22.2. The lowest BCUT2D eigenvalue weighted by Gasteiger charge is -2.29. The number of hydrogen-bond acceptors (Lipinski definition) is 26. The maximum atomic E-state index is 12.6. The highest BCUT2D eigenvalue weighted by atomic mass is 32.2. The van der Waals surface area contributed by atoms with Crippen LogP contribution in [0.15, 0.2) is 286 Å². The van der Waals surface area contributed by atoms with E-state index < -0.39 is 29.0 Å². The Bertz CT molecular complexity index is 8020. The molecule has 9 heterocycles. The summed E-state index contributed by atoms with van der Waals surface area (Å²) in [7, 11) is 1.48. The first-order valence-corrected chi connectivity index (χ1v) is 48.4. The van der Waals surface area contributed by atoms with E-state index in [9.17, 15) is 60.0 Å². The lowest BCUT2D eigenvalue weighted by Crippen LogP contribution is -2.29. The van der Waals surface area contributed by atoms with E-state index in [0.29, 0.717) is 47.8 Å². The van der Waals surface area contributed by atoms with Crippen LogP contribution in [-0.2, 0) is 35.2 Å². The number of fused-ring (bicyclic) bond motifs is 6. The molecule has 0 radical (unpaired) electrons. The summed E-state index contributed by atoms with van der Waals surface area (Å²) in [5.74, 6) is -2.53. The van der Waals surface area contributed by atoms with Crippen molar-refractivity contribution in [2.75, 3.05) is 42.3 Å². The van der Waals surface area contributed by atoms with E-state index in [1.54, 1.807) is 73.1 Å². The number of amides is 1. The number of aryl methyl sites for hydroxylation is 5. The van der Waals surface area contributed by atoms with Crippen molar-refractivity contribution in [1.82, 2.24) is 34.2 Å². The van der Waals surface area contributed by atoms with Gasteiger partial charge in [0.25, 0.3) is 11.5 Å². The maximum absolute atomic E-state index is 12.6. The summed E-state index contributed by atoms with van der Waals surface area (Å²) >= 11 is 4.14. The second-order valence-electron chi connectivity index (χ2n) is 33.7. The lowest BCUT2D eigenvalue weighted by atomic mass is 9.89. The van der Waals surface area contributed by atoms with E-state index >= 15 is 0 Å². The number of Topliss-reactive ketones (excluding diaryl/α,β-unsaturated/α-hetero) is 1. The van der Waals surface area contributed by atoms with Crippen molar-refractivity contribution >= 4 is 142 Å². The molecule has 1 aliphatic carbocycles. The van der Waals surface area contributed by atoms with Crippen LogP contribution in [-0.4, -0.2) is 119 Å². The Labute approximate surface area is 830 Å². The summed E-state index contributed by atoms with van der Waals surface area (Å²) in [6.07, 6.45) is 12.7. The molecule has 26 nitrogen and oxygen atoms in total. The summed E-state index contributed by atoms with van der Waals surface area (Å²) in [6.45, 7) is 22.0. The fraction of sp³-hybridized carbons (Fsp3) is 0.159. The average Bonchev–Trinajstić information content (AvgIpc) is 1.41. The SMILES string of the molecule is C=c1s/c(=C/c2ccc(O)c(OC)c2)c(=O)n1-c1cccnc1.CCN(CC)c1ccc(C2Cc3cccc4cccc(c34)N2)c(O)c1.CCOC(=O)c1ccc(CC(=O)c2ccc(O)c(O)c2O)o1.Cc1cc(-c2nc3ccc4ccccc4c3c3c2CCC3)ccc1O.Cc1ccc(Nc2nc(-c3c(C)nc4ccccn34)cs2)cc1.Cc1cccc(N=C2NC(=O)/C(=C/c3ccc(O)c(O)c3)S2)c1C. The number of imidazole rings is 1. The van der Waals surface area contributed by atoms with Gasteiger partial charge in [-0.3, -0.25) is 28.3 Å².